The Kier molecular flexibility index (Phi) is 2.61. The van der Waals surface area contributed by atoms with Crippen LogP contribution in [0, 0.1) is 0 Å². The fourth-order valence-corrected chi connectivity index (χ4v) is 2.82. The molecule has 0 amide bonds. The first kappa shape index (κ1) is 8.45. The van der Waals surface area contributed by atoms with E-state index in [1.165, 1.54) is 24.3 Å². The number of hydrogen-bond acceptors (Lipinski definition) is 2. The Bertz CT molecular complexity index is 255. The minimum atomic E-state index is 0.536. The largest absolute Gasteiger partial charge is 0.251 e. The summed E-state index contributed by atoms with van der Waals surface area (Å²) < 4.78 is 1.95. The Morgan fingerprint density at radius 1 is 1.50 bits per heavy atom. The highest BCUT2D eigenvalue weighted by atomic mass is 35.5. The number of aromatic nitrogens is 2. The first-order valence-corrected chi connectivity index (χ1v) is 5.68. The van der Waals surface area contributed by atoms with Crippen LogP contribution < -0.4 is 0 Å². The molecule has 1 aliphatic heterocycles. The summed E-state index contributed by atoms with van der Waals surface area (Å²) in [5, 5.41) is 4.99. The van der Waals surface area contributed by atoms with E-state index in [-0.39, 0.29) is 0 Å². The molecule has 1 saturated heterocycles. The van der Waals surface area contributed by atoms with Gasteiger partial charge in [-0.1, -0.05) is 11.6 Å². The van der Waals surface area contributed by atoms with Gasteiger partial charge in [0.1, 0.15) is 5.15 Å². The third-order valence-corrected chi connectivity index (χ3v) is 3.51. The Hall–Kier alpha value is -0.150. The Balaban J connectivity index is 2.13. The van der Waals surface area contributed by atoms with Crippen LogP contribution >= 0.6 is 23.4 Å². The molecule has 0 N–H and O–H groups in total. The lowest BCUT2D eigenvalue weighted by molar-refractivity contribution is 0.427. The average Bonchev–Trinajstić information content (AvgIpc) is 2.53. The second kappa shape index (κ2) is 3.71. The van der Waals surface area contributed by atoms with E-state index in [1.807, 2.05) is 22.5 Å². The highest BCUT2D eigenvalue weighted by Crippen LogP contribution is 2.28. The molecule has 0 radical (unpaired) electrons. The Labute approximate surface area is 81.3 Å². The zero-order chi connectivity index (χ0) is 8.39. The molecule has 2 heterocycles. The van der Waals surface area contributed by atoms with Crippen LogP contribution in [0.5, 0.6) is 0 Å². The molecule has 66 valence electrons. The van der Waals surface area contributed by atoms with Crippen molar-refractivity contribution in [1.82, 2.24) is 9.78 Å². The lowest BCUT2D eigenvalue weighted by atomic mass is 10.2. The SMILES string of the molecule is Clc1ccnn1C1CCSCC1. The smallest absolute Gasteiger partial charge is 0.127 e. The van der Waals surface area contributed by atoms with Crippen molar-refractivity contribution in [2.45, 2.75) is 18.9 Å². The lowest BCUT2D eigenvalue weighted by Gasteiger charge is -2.22. The van der Waals surface area contributed by atoms with Crippen LogP contribution in [0.4, 0.5) is 0 Å². The molecule has 1 fully saturated rings. The minimum absolute atomic E-state index is 0.536. The van der Waals surface area contributed by atoms with Gasteiger partial charge in [0, 0.05) is 0 Å². The molecule has 0 bridgehead atoms. The van der Waals surface area contributed by atoms with E-state index in [4.69, 9.17) is 11.6 Å². The normalized spacial score (nSPS) is 19.8. The number of rotatable bonds is 1. The zero-order valence-electron chi connectivity index (χ0n) is 6.74. The predicted octanol–water partition coefficient (Wildman–Crippen LogP) is 2.60. The highest BCUT2D eigenvalue weighted by molar-refractivity contribution is 7.99. The van der Waals surface area contributed by atoms with Gasteiger partial charge >= 0.3 is 0 Å². The maximum atomic E-state index is 5.97. The van der Waals surface area contributed by atoms with Crippen molar-refractivity contribution in [3.05, 3.63) is 17.4 Å². The van der Waals surface area contributed by atoms with Gasteiger partial charge in [0.05, 0.1) is 12.2 Å². The second-order valence-electron chi connectivity index (χ2n) is 2.94. The molecule has 1 aliphatic rings. The van der Waals surface area contributed by atoms with Crippen LogP contribution in [-0.4, -0.2) is 21.3 Å². The second-order valence-corrected chi connectivity index (χ2v) is 4.55. The average molecular weight is 203 g/mol. The molecule has 0 unspecified atom stereocenters. The van der Waals surface area contributed by atoms with Crippen LogP contribution in [0.1, 0.15) is 18.9 Å². The highest BCUT2D eigenvalue weighted by Gasteiger charge is 2.17. The molecule has 0 spiro atoms. The molecular weight excluding hydrogens is 192 g/mol. The first-order chi connectivity index (χ1) is 5.88. The summed E-state index contributed by atoms with van der Waals surface area (Å²) in [5.74, 6) is 2.47. The van der Waals surface area contributed by atoms with Gasteiger partial charge in [0.15, 0.2) is 0 Å². The quantitative estimate of drug-likeness (QED) is 0.697. The van der Waals surface area contributed by atoms with Gasteiger partial charge in [-0.15, -0.1) is 0 Å². The third kappa shape index (κ3) is 1.62. The molecule has 1 aromatic rings. The zero-order valence-corrected chi connectivity index (χ0v) is 8.31. The summed E-state index contributed by atoms with van der Waals surface area (Å²) in [6.45, 7) is 0. The summed E-state index contributed by atoms with van der Waals surface area (Å²) in [7, 11) is 0. The molecule has 2 rings (SSSR count). The molecule has 1 aromatic heterocycles. The molecular formula is C8H11ClN2S. The monoisotopic (exact) mass is 202 g/mol. The van der Waals surface area contributed by atoms with E-state index in [2.05, 4.69) is 5.10 Å². The fourth-order valence-electron chi connectivity index (χ4n) is 1.50. The molecule has 2 nitrogen and oxygen atoms in total. The van der Waals surface area contributed by atoms with E-state index in [1.54, 1.807) is 6.20 Å². The number of thioether (sulfide) groups is 1. The summed E-state index contributed by atoms with van der Waals surface area (Å²) >= 11 is 7.98. The van der Waals surface area contributed by atoms with Crippen molar-refractivity contribution in [3.63, 3.8) is 0 Å². The van der Waals surface area contributed by atoms with Crippen LogP contribution in [0.25, 0.3) is 0 Å². The van der Waals surface area contributed by atoms with E-state index < -0.39 is 0 Å². The lowest BCUT2D eigenvalue weighted by Crippen LogP contribution is -2.16. The number of halogens is 1. The van der Waals surface area contributed by atoms with Gasteiger partial charge in [-0.25, -0.2) is 0 Å². The topological polar surface area (TPSA) is 17.8 Å². The van der Waals surface area contributed by atoms with Crippen LogP contribution in [0.15, 0.2) is 12.3 Å². The Morgan fingerprint density at radius 2 is 2.25 bits per heavy atom. The molecule has 12 heavy (non-hydrogen) atoms. The van der Waals surface area contributed by atoms with Gasteiger partial charge in [-0.3, -0.25) is 4.68 Å². The summed E-state index contributed by atoms with van der Waals surface area (Å²) in [6, 6.07) is 2.39. The van der Waals surface area contributed by atoms with Crippen molar-refractivity contribution in [1.29, 1.82) is 0 Å². The van der Waals surface area contributed by atoms with E-state index in [9.17, 15) is 0 Å². The van der Waals surface area contributed by atoms with Crippen molar-refractivity contribution in [3.8, 4) is 0 Å². The third-order valence-electron chi connectivity index (χ3n) is 2.16. The van der Waals surface area contributed by atoms with E-state index >= 15 is 0 Å². The predicted molar refractivity (Wildman–Crippen MR) is 52.8 cm³/mol. The van der Waals surface area contributed by atoms with Gasteiger partial charge in [0.2, 0.25) is 0 Å². The van der Waals surface area contributed by atoms with Gasteiger partial charge in [0.25, 0.3) is 0 Å². The van der Waals surface area contributed by atoms with Crippen LogP contribution in [-0.2, 0) is 0 Å². The molecule has 0 atom stereocenters. The van der Waals surface area contributed by atoms with Crippen molar-refractivity contribution in [2.75, 3.05) is 11.5 Å². The molecule has 0 saturated carbocycles. The van der Waals surface area contributed by atoms with Crippen molar-refractivity contribution in [2.24, 2.45) is 0 Å². The summed E-state index contributed by atoms with van der Waals surface area (Å²) in [4.78, 5) is 0. The number of hydrogen-bond donors (Lipinski definition) is 0. The maximum Gasteiger partial charge on any atom is 0.127 e. The Morgan fingerprint density at radius 3 is 2.83 bits per heavy atom. The first-order valence-electron chi connectivity index (χ1n) is 4.14. The fraction of sp³-hybridized carbons (Fsp3) is 0.625. The van der Waals surface area contributed by atoms with E-state index in [0.717, 1.165) is 5.15 Å². The molecule has 4 heteroatoms. The minimum Gasteiger partial charge on any atom is -0.251 e. The number of nitrogens with zero attached hydrogens (tertiary/aromatic N) is 2. The van der Waals surface area contributed by atoms with Crippen LogP contribution in [0.3, 0.4) is 0 Å². The molecule has 0 aliphatic carbocycles. The summed E-state index contributed by atoms with van der Waals surface area (Å²) in [6.07, 6.45) is 4.17. The van der Waals surface area contributed by atoms with Gasteiger partial charge in [-0.05, 0) is 30.4 Å². The molecule has 0 aromatic carbocycles. The maximum absolute atomic E-state index is 5.97. The van der Waals surface area contributed by atoms with Crippen molar-refractivity contribution >= 4 is 23.4 Å². The standard InChI is InChI=1S/C8H11ClN2S/c9-8-1-4-10-11(8)7-2-5-12-6-3-7/h1,4,7H,2-3,5-6H2. The van der Waals surface area contributed by atoms with Crippen molar-refractivity contribution < 1.29 is 0 Å². The van der Waals surface area contributed by atoms with Gasteiger partial charge in [-0.2, -0.15) is 16.9 Å². The van der Waals surface area contributed by atoms with Gasteiger partial charge < -0.3 is 0 Å². The summed E-state index contributed by atoms with van der Waals surface area (Å²) in [5.41, 5.74) is 0. The van der Waals surface area contributed by atoms with Crippen LogP contribution in [0.2, 0.25) is 5.15 Å². The van der Waals surface area contributed by atoms with E-state index in [0.29, 0.717) is 6.04 Å².